The lowest BCUT2D eigenvalue weighted by molar-refractivity contribution is -0.136. The zero-order valence-electron chi connectivity index (χ0n) is 12.1. The highest BCUT2D eigenvalue weighted by Crippen LogP contribution is 2.24. The number of benzene rings is 1. The first kappa shape index (κ1) is 15.8. The average Bonchev–Trinajstić information content (AvgIpc) is 2.88. The van der Waals surface area contributed by atoms with Gasteiger partial charge < -0.3 is 9.80 Å². The number of hydrogen-bond acceptors (Lipinski definition) is 2. The van der Waals surface area contributed by atoms with Crippen molar-refractivity contribution in [3.63, 3.8) is 0 Å². The van der Waals surface area contributed by atoms with Gasteiger partial charge in [-0.25, -0.2) is 4.39 Å². The van der Waals surface area contributed by atoms with Crippen LogP contribution in [0.15, 0.2) is 18.2 Å². The summed E-state index contributed by atoms with van der Waals surface area (Å²) in [6.45, 7) is 2.49. The standard InChI is InChI=1S/C15H18ClFN2O2/c1-3-13(19-8-4-5-14(19)20)15(21)18(2)10-6-7-12(17)11(16)9-10/h6-7,9,13H,3-5,8H2,1-2H3/t13-/m0/s1. The topological polar surface area (TPSA) is 40.6 Å². The van der Waals surface area contributed by atoms with E-state index in [4.69, 9.17) is 11.6 Å². The molecule has 114 valence electrons. The number of nitrogens with zero attached hydrogens (tertiary/aromatic N) is 2. The molecule has 0 aromatic heterocycles. The fraction of sp³-hybridized carbons (Fsp3) is 0.467. The maximum atomic E-state index is 13.2. The Morgan fingerprint density at radius 2 is 2.24 bits per heavy atom. The van der Waals surface area contributed by atoms with E-state index in [9.17, 15) is 14.0 Å². The summed E-state index contributed by atoms with van der Waals surface area (Å²) in [6.07, 6.45) is 1.83. The monoisotopic (exact) mass is 312 g/mol. The van der Waals surface area contributed by atoms with Gasteiger partial charge in [-0.3, -0.25) is 9.59 Å². The molecular weight excluding hydrogens is 295 g/mol. The number of carbonyl (C=O) groups is 2. The van der Waals surface area contributed by atoms with Crippen molar-refractivity contribution in [2.45, 2.75) is 32.2 Å². The predicted molar refractivity (Wildman–Crippen MR) is 79.8 cm³/mol. The minimum atomic E-state index is -0.525. The summed E-state index contributed by atoms with van der Waals surface area (Å²) in [5, 5.41) is -0.0301. The van der Waals surface area contributed by atoms with Gasteiger partial charge in [0.2, 0.25) is 11.8 Å². The van der Waals surface area contributed by atoms with Crippen molar-refractivity contribution in [2.24, 2.45) is 0 Å². The Balaban J connectivity index is 2.20. The van der Waals surface area contributed by atoms with Crippen LogP contribution in [0.5, 0.6) is 0 Å². The Morgan fingerprint density at radius 1 is 1.52 bits per heavy atom. The van der Waals surface area contributed by atoms with Crippen LogP contribution >= 0.6 is 11.6 Å². The quantitative estimate of drug-likeness (QED) is 0.858. The highest BCUT2D eigenvalue weighted by Gasteiger charge is 2.33. The minimum Gasteiger partial charge on any atom is -0.331 e. The number of rotatable bonds is 4. The van der Waals surface area contributed by atoms with Gasteiger partial charge in [0.1, 0.15) is 11.9 Å². The smallest absolute Gasteiger partial charge is 0.249 e. The van der Waals surface area contributed by atoms with Crippen molar-refractivity contribution < 1.29 is 14.0 Å². The second-order valence-electron chi connectivity index (χ2n) is 5.11. The molecule has 1 aliphatic rings. The molecule has 21 heavy (non-hydrogen) atoms. The van der Waals surface area contributed by atoms with Gasteiger partial charge in [0.05, 0.1) is 5.02 Å². The van der Waals surface area contributed by atoms with Crippen LogP contribution in [0.2, 0.25) is 5.02 Å². The second kappa shape index (κ2) is 6.43. The SMILES string of the molecule is CC[C@@H](C(=O)N(C)c1ccc(F)c(Cl)c1)N1CCCC1=O. The lowest BCUT2D eigenvalue weighted by atomic mass is 10.1. The molecule has 0 spiro atoms. The molecule has 1 heterocycles. The van der Waals surface area contributed by atoms with Gasteiger partial charge in [0.15, 0.2) is 0 Å². The van der Waals surface area contributed by atoms with E-state index in [-0.39, 0.29) is 16.8 Å². The van der Waals surface area contributed by atoms with Crippen LogP contribution < -0.4 is 4.90 Å². The van der Waals surface area contributed by atoms with Crippen LogP contribution in [0.4, 0.5) is 10.1 Å². The molecule has 1 fully saturated rings. The number of likely N-dealkylation sites (tertiary alicyclic amines) is 1. The molecule has 2 rings (SSSR count). The summed E-state index contributed by atoms with van der Waals surface area (Å²) in [4.78, 5) is 27.5. The zero-order chi connectivity index (χ0) is 15.6. The van der Waals surface area contributed by atoms with Gasteiger partial charge >= 0.3 is 0 Å². The largest absolute Gasteiger partial charge is 0.331 e. The average molecular weight is 313 g/mol. The van der Waals surface area contributed by atoms with Gasteiger partial charge in [-0.1, -0.05) is 18.5 Å². The lowest BCUT2D eigenvalue weighted by Crippen LogP contribution is -2.47. The van der Waals surface area contributed by atoms with E-state index < -0.39 is 11.9 Å². The molecule has 1 saturated heterocycles. The highest BCUT2D eigenvalue weighted by molar-refractivity contribution is 6.31. The van der Waals surface area contributed by atoms with Crippen LogP contribution in [0.3, 0.4) is 0 Å². The number of carbonyl (C=O) groups excluding carboxylic acids is 2. The Bertz CT molecular complexity index is 565. The molecule has 6 heteroatoms. The third-order valence-electron chi connectivity index (χ3n) is 3.78. The fourth-order valence-electron chi connectivity index (χ4n) is 2.57. The Morgan fingerprint density at radius 3 is 2.76 bits per heavy atom. The third kappa shape index (κ3) is 3.18. The minimum absolute atomic E-state index is 0.0146. The molecule has 0 bridgehead atoms. The molecule has 1 aromatic rings. The number of amides is 2. The fourth-order valence-corrected chi connectivity index (χ4v) is 2.75. The number of hydrogen-bond donors (Lipinski definition) is 0. The predicted octanol–water partition coefficient (Wildman–Crippen LogP) is 2.84. The van der Waals surface area contributed by atoms with Crippen molar-refractivity contribution in [1.82, 2.24) is 4.90 Å². The summed E-state index contributed by atoms with van der Waals surface area (Å²) in [6, 6.07) is 3.66. The van der Waals surface area contributed by atoms with E-state index in [1.807, 2.05) is 6.92 Å². The van der Waals surface area contributed by atoms with Crippen LogP contribution in [-0.4, -0.2) is 36.3 Å². The molecule has 0 aliphatic carbocycles. The molecule has 1 aromatic carbocycles. The molecule has 0 saturated carbocycles. The van der Waals surface area contributed by atoms with E-state index >= 15 is 0 Å². The van der Waals surface area contributed by atoms with Crippen molar-refractivity contribution in [2.75, 3.05) is 18.5 Å². The molecular formula is C15H18ClFN2O2. The summed E-state index contributed by atoms with van der Waals surface area (Å²) in [5.41, 5.74) is 0.511. The van der Waals surface area contributed by atoms with Crippen LogP contribution in [-0.2, 0) is 9.59 Å². The van der Waals surface area contributed by atoms with Gasteiger partial charge in [0.25, 0.3) is 0 Å². The Kier molecular flexibility index (Phi) is 4.83. The second-order valence-corrected chi connectivity index (χ2v) is 5.52. The lowest BCUT2D eigenvalue weighted by Gasteiger charge is -2.30. The summed E-state index contributed by atoms with van der Waals surface area (Å²) < 4.78 is 13.2. The van der Waals surface area contributed by atoms with Crippen LogP contribution in [0.1, 0.15) is 26.2 Å². The summed E-state index contributed by atoms with van der Waals surface area (Å²) in [7, 11) is 1.61. The van der Waals surface area contributed by atoms with Gasteiger partial charge in [-0.2, -0.15) is 0 Å². The van der Waals surface area contributed by atoms with Crippen LogP contribution in [0.25, 0.3) is 0 Å². The normalized spacial score (nSPS) is 16.2. The number of anilines is 1. The van der Waals surface area contributed by atoms with Gasteiger partial charge in [-0.15, -0.1) is 0 Å². The van der Waals surface area contributed by atoms with Crippen molar-refractivity contribution in [1.29, 1.82) is 0 Å². The van der Waals surface area contributed by atoms with E-state index in [0.717, 1.165) is 6.42 Å². The van der Waals surface area contributed by atoms with Gasteiger partial charge in [-0.05, 0) is 31.0 Å². The first-order valence-electron chi connectivity index (χ1n) is 6.97. The zero-order valence-corrected chi connectivity index (χ0v) is 12.9. The van der Waals surface area contributed by atoms with E-state index in [1.54, 1.807) is 11.9 Å². The first-order valence-corrected chi connectivity index (χ1v) is 7.35. The van der Waals surface area contributed by atoms with Crippen molar-refractivity contribution >= 4 is 29.1 Å². The third-order valence-corrected chi connectivity index (χ3v) is 4.07. The molecule has 4 nitrogen and oxygen atoms in total. The maximum absolute atomic E-state index is 13.2. The summed E-state index contributed by atoms with van der Waals surface area (Å²) >= 11 is 5.75. The van der Waals surface area contributed by atoms with E-state index in [1.165, 1.54) is 23.1 Å². The van der Waals surface area contributed by atoms with Crippen molar-refractivity contribution in [3.05, 3.63) is 29.0 Å². The molecule has 2 amide bonds. The Hall–Kier alpha value is -1.62. The highest BCUT2D eigenvalue weighted by atomic mass is 35.5. The Labute approximate surface area is 128 Å². The number of likely N-dealkylation sites (N-methyl/N-ethyl adjacent to an activating group) is 1. The number of halogens is 2. The summed E-state index contributed by atoms with van der Waals surface area (Å²) in [5.74, 6) is -0.695. The molecule has 1 aliphatic heterocycles. The first-order chi connectivity index (χ1) is 9.95. The van der Waals surface area contributed by atoms with E-state index in [2.05, 4.69) is 0 Å². The van der Waals surface area contributed by atoms with Gasteiger partial charge in [0, 0.05) is 25.7 Å². The van der Waals surface area contributed by atoms with Crippen molar-refractivity contribution in [3.8, 4) is 0 Å². The molecule has 0 unspecified atom stereocenters. The molecule has 1 atom stereocenters. The maximum Gasteiger partial charge on any atom is 0.249 e. The molecule has 0 radical (unpaired) electrons. The van der Waals surface area contributed by atoms with Crippen LogP contribution in [0, 0.1) is 5.82 Å². The van der Waals surface area contributed by atoms with E-state index in [0.29, 0.717) is 25.1 Å². The molecule has 0 N–H and O–H groups in total.